The van der Waals surface area contributed by atoms with Gasteiger partial charge in [-0.15, -0.1) is 0 Å². The van der Waals surface area contributed by atoms with E-state index < -0.39 is 11.9 Å². The molecule has 23 heavy (non-hydrogen) atoms. The van der Waals surface area contributed by atoms with E-state index in [1.54, 1.807) is 54.6 Å². The van der Waals surface area contributed by atoms with E-state index in [4.69, 9.17) is 14.2 Å². The van der Waals surface area contributed by atoms with Crippen molar-refractivity contribution in [3.63, 3.8) is 0 Å². The molecule has 0 saturated carbocycles. The van der Waals surface area contributed by atoms with Gasteiger partial charge in [0.25, 0.3) is 0 Å². The van der Waals surface area contributed by atoms with Crippen molar-refractivity contribution in [2.24, 2.45) is 0 Å². The van der Waals surface area contributed by atoms with Crippen molar-refractivity contribution in [3.8, 4) is 5.75 Å². The fourth-order valence-corrected chi connectivity index (χ4v) is 2.28. The van der Waals surface area contributed by atoms with E-state index in [2.05, 4.69) is 0 Å². The first-order chi connectivity index (χ1) is 11.2. The highest BCUT2D eigenvalue weighted by molar-refractivity contribution is 5.95. The lowest BCUT2D eigenvalue weighted by Crippen LogP contribution is -2.07. The Kier molecular flexibility index (Phi) is 4.10. The summed E-state index contributed by atoms with van der Waals surface area (Å²) in [5.41, 5.74) is 1.36. The number of esters is 2. The smallest absolute Gasteiger partial charge is 0.347 e. The van der Waals surface area contributed by atoms with Crippen LogP contribution in [0.4, 0.5) is 0 Å². The molecule has 0 N–H and O–H groups in total. The summed E-state index contributed by atoms with van der Waals surface area (Å²) in [6.07, 6.45) is 1.61. The minimum absolute atomic E-state index is 0.0955. The summed E-state index contributed by atoms with van der Waals surface area (Å²) < 4.78 is 15.7. The monoisotopic (exact) mass is 310 g/mol. The summed E-state index contributed by atoms with van der Waals surface area (Å²) in [7, 11) is 1.32. The summed E-state index contributed by atoms with van der Waals surface area (Å²) in [5, 5.41) is 0. The number of fused-ring (bicyclic) bond motifs is 1. The Balaban J connectivity index is 1.94. The molecule has 3 rings (SSSR count). The molecule has 0 fully saturated rings. The average Bonchev–Trinajstić information content (AvgIpc) is 2.74. The van der Waals surface area contributed by atoms with Crippen LogP contribution in [0.15, 0.2) is 54.3 Å². The van der Waals surface area contributed by atoms with Crippen LogP contribution in [-0.2, 0) is 9.47 Å². The standard InChI is InChI=1S/C18H14O5/c1-21-17(19)14-7-3-2-6-12(14)10-13-11-22-16-9-5-4-8-15(16)18(20)23-13/h2-10H,11H2,1H3/b13-10+. The van der Waals surface area contributed by atoms with Gasteiger partial charge in [-0.1, -0.05) is 30.3 Å². The van der Waals surface area contributed by atoms with Crippen molar-refractivity contribution in [2.75, 3.05) is 13.7 Å². The van der Waals surface area contributed by atoms with Crippen LogP contribution in [0.1, 0.15) is 26.3 Å². The normalized spacial score (nSPS) is 15.2. The van der Waals surface area contributed by atoms with Gasteiger partial charge in [0.1, 0.15) is 23.7 Å². The Morgan fingerprint density at radius 1 is 1.13 bits per heavy atom. The molecule has 0 amide bonds. The SMILES string of the molecule is COC(=O)c1ccccc1/C=C1\COc2ccccc2C(=O)O1. The number of methoxy groups -OCH3 is 1. The zero-order valence-corrected chi connectivity index (χ0v) is 12.4. The van der Waals surface area contributed by atoms with Crippen LogP contribution in [0.3, 0.4) is 0 Å². The zero-order chi connectivity index (χ0) is 16.2. The molecule has 116 valence electrons. The second kappa shape index (κ2) is 6.36. The van der Waals surface area contributed by atoms with E-state index >= 15 is 0 Å². The maximum Gasteiger partial charge on any atom is 0.347 e. The molecule has 0 aromatic heterocycles. The number of para-hydroxylation sites is 1. The number of carbonyl (C=O) groups excluding carboxylic acids is 2. The zero-order valence-electron chi connectivity index (χ0n) is 12.4. The largest absolute Gasteiger partial charge is 0.485 e. The molecular formula is C18H14O5. The van der Waals surface area contributed by atoms with Crippen molar-refractivity contribution in [1.29, 1.82) is 0 Å². The Labute approximate surface area is 133 Å². The molecule has 0 unspecified atom stereocenters. The van der Waals surface area contributed by atoms with Gasteiger partial charge < -0.3 is 14.2 Å². The number of benzene rings is 2. The second-order valence-electron chi connectivity index (χ2n) is 4.86. The van der Waals surface area contributed by atoms with E-state index in [-0.39, 0.29) is 6.61 Å². The third-order valence-electron chi connectivity index (χ3n) is 3.38. The number of rotatable bonds is 2. The average molecular weight is 310 g/mol. The van der Waals surface area contributed by atoms with E-state index in [0.29, 0.717) is 28.2 Å². The third kappa shape index (κ3) is 3.08. The molecular weight excluding hydrogens is 296 g/mol. The van der Waals surface area contributed by atoms with Gasteiger partial charge in [-0.05, 0) is 29.8 Å². The number of ether oxygens (including phenoxy) is 3. The molecule has 5 nitrogen and oxygen atoms in total. The lowest BCUT2D eigenvalue weighted by Gasteiger charge is -2.07. The van der Waals surface area contributed by atoms with E-state index in [9.17, 15) is 9.59 Å². The van der Waals surface area contributed by atoms with E-state index in [1.807, 2.05) is 0 Å². The molecule has 1 heterocycles. The predicted molar refractivity (Wildman–Crippen MR) is 83.1 cm³/mol. The Morgan fingerprint density at radius 3 is 2.70 bits per heavy atom. The fourth-order valence-electron chi connectivity index (χ4n) is 2.28. The highest BCUT2D eigenvalue weighted by Crippen LogP contribution is 2.25. The Hall–Kier alpha value is -3.08. The number of cyclic esters (lactones) is 1. The van der Waals surface area contributed by atoms with Crippen LogP contribution in [0, 0.1) is 0 Å². The summed E-state index contributed by atoms with van der Waals surface area (Å²) in [5.74, 6) is -0.147. The van der Waals surface area contributed by atoms with Crippen LogP contribution < -0.4 is 4.74 Å². The number of hydrogen-bond acceptors (Lipinski definition) is 5. The quantitative estimate of drug-likeness (QED) is 0.798. The first-order valence-electron chi connectivity index (χ1n) is 7.01. The highest BCUT2D eigenvalue weighted by Gasteiger charge is 2.21. The van der Waals surface area contributed by atoms with E-state index in [1.165, 1.54) is 7.11 Å². The first-order valence-corrected chi connectivity index (χ1v) is 7.01. The number of carbonyl (C=O) groups is 2. The third-order valence-corrected chi connectivity index (χ3v) is 3.38. The fraction of sp³-hybridized carbons (Fsp3) is 0.111. The van der Waals surface area contributed by atoms with Gasteiger partial charge in [-0.3, -0.25) is 0 Å². The van der Waals surface area contributed by atoms with Gasteiger partial charge in [-0.25, -0.2) is 9.59 Å². The van der Waals surface area contributed by atoms with Crippen molar-refractivity contribution < 1.29 is 23.8 Å². The maximum atomic E-state index is 12.1. The summed E-state index contributed by atoms with van der Waals surface area (Å²) in [6, 6.07) is 13.8. The molecule has 5 heteroatoms. The van der Waals surface area contributed by atoms with Crippen molar-refractivity contribution in [2.45, 2.75) is 0 Å². The number of hydrogen-bond donors (Lipinski definition) is 0. The summed E-state index contributed by atoms with van der Waals surface area (Å²) in [4.78, 5) is 23.9. The minimum Gasteiger partial charge on any atom is -0.485 e. The molecule has 2 aromatic rings. The predicted octanol–water partition coefficient (Wildman–Crippen LogP) is 3.06. The molecule has 1 aliphatic heterocycles. The topological polar surface area (TPSA) is 61.8 Å². The van der Waals surface area contributed by atoms with Crippen LogP contribution in [0.25, 0.3) is 6.08 Å². The summed E-state index contributed by atoms with van der Waals surface area (Å²) in [6.45, 7) is 0.0955. The van der Waals surface area contributed by atoms with Gasteiger partial charge in [0, 0.05) is 0 Å². The van der Waals surface area contributed by atoms with Crippen LogP contribution in [-0.4, -0.2) is 25.7 Å². The van der Waals surface area contributed by atoms with Crippen LogP contribution in [0.5, 0.6) is 5.75 Å². The molecule has 0 radical (unpaired) electrons. The molecule has 0 spiro atoms. The van der Waals surface area contributed by atoms with Crippen molar-refractivity contribution in [1.82, 2.24) is 0 Å². The van der Waals surface area contributed by atoms with Gasteiger partial charge in [-0.2, -0.15) is 0 Å². The summed E-state index contributed by atoms with van der Waals surface area (Å²) >= 11 is 0. The van der Waals surface area contributed by atoms with Gasteiger partial charge in [0.15, 0.2) is 0 Å². The Bertz CT molecular complexity index is 792. The van der Waals surface area contributed by atoms with Crippen LogP contribution >= 0.6 is 0 Å². The lowest BCUT2D eigenvalue weighted by atomic mass is 10.1. The second-order valence-corrected chi connectivity index (χ2v) is 4.86. The molecule has 2 aromatic carbocycles. The van der Waals surface area contributed by atoms with Crippen molar-refractivity contribution >= 4 is 18.0 Å². The molecule has 0 saturated heterocycles. The van der Waals surface area contributed by atoms with Gasteiger partial charge >= 0.3 is 11.9 Å². The molecule has 0 bridgehead atoms. The van der Waals surface area contributed by atoms with Gasteiger partial charge in [0.2, 0.25) is 0 Å². The van der Waals surface area contributed by atoms with E-state index in [0.717, 1.165) is 0 Å². The highest BCUT2D eigenvalue weighted by atomic mass is 16.6. The lowest BCUT2D eigenvalue weighted by molar-refractivity contribution is 0.0599. The van der Waals surface area contributed by atoms with Gasteiger partial charge in [0.05, 0.1) is 12.7 Å². The minimum atomic E-state index is -0.486. The first kappa shape index (κ1) is 14.8. The molecule has 0 atom stereocenters. The van der Waals surface area contributed by atoms with Crippen LogP contribution in [0.2, 0.25) is 0 Å². The Morgan fingerprint density at radius 2 is 1.87 bits per heavy atom. The maximum absolute atomic E-state index is 12.1. The van der Waals surface area contributed by atoms with Crippen molar-refractivity contribution in [3.05, 3.63) is 71.0 Å². The molecule has 0 aliphatic carbocycles. The molecule has 1 aliphatic rings.